The summed E-state index contributed by atoms with van der Waals surface area (Å²) in [7, 11) is 0. The minimum Gasteiger partial charge on any atom is -0.368 e. The minimum atomic E-state index is -0.210. The van der Waals surface area contributed by atoms with Crippen LogP contribution in [-0.4, -0.2) is 61.5 Å². The number of benzene rings is 1. The van der Waals surface area contributed by atoms with Crippen LogP contribution in [0.3, 0.4) is 0 Å². The van der Waals surface area contributed by atoms with Gasteiger partial charge in [-0.1, -0.05) is 6.92 Å². The highest BCUT2D eigenvalue weighted by molar-refractivity contribution is 5.78. The van der Waals surface area contributed by atoms with E-state index in [9.17, 15) is 9.18 Å². The van der Waals surface area contributed by atoms with E-state index in [0.29, 0.717) is 6.54 Å². The number of nitrogens with zero attached hydrogens (tertiary/aromatic N) is 3. The van der Waals surface area contributed by atoms with Crippen LogP contribution in [0.5, 0.6) is 0 Å². The van der Waals surface area contributed by atoms with Crippen molar-refractivity contribution in [1.82, 2.24) is 9.80 Å². The van der Waals surface area contributed by atoms with Gasteiger partial charge in [0, 0.05) is 31.9 Å². The Balaban J connectivity index is 1.46. The molecule has 2 aliphatic rings. The number of piperazine rings is 1. The Kier molecular flexibility index (Phi) is 5.16. The zero-order valence-corrected chi connectivity index (χ0v) is 13.9. The van der Waals surface area contributed by atoms with Crippen LogP contribution in [0.2, 0.25) is 0 Å². The van der Waals surface area contributed by atoms with Crippen molar-refractivity contribution >= 4 is 11.6 Å². The molecule has 3 rings (SSSR count). The van der Waals surface area contributed by atoms with Gasteiger partial charge in [0.25, 0.3) is 0 Å². The standard InChI is InChI=1S/C18H26FN3O/c1-15-6-8-20(9-7-15)14-18(23)22-12-10-21(11-13-22)17-4-2-16(19)3-5-17/h2-5,15H,6-14H2,1H3. The Bertz CT molecular complexity index is 518. The van der Waals surface area contributed by atoms with Crippen LogP contribution in [0.1, 0.15) is 19.8 Å². The SMILES string of the molecule is CC1CCN(CC(=O)N2CCN(c3ccc(F)cc3)CC2)CC1. The maximum atomic E-state index is 13.0. The lowest BCUT2D eigenvalue weighted by Gasteiger charge is -2.37. The van der Waals surface area contributed by atoms with Crippen molar-refractivity contribution in [2.24, 2.45) is 5.92 Å². The summed E-state index contributed by atoms with van der Waals surface area (Å²) < 4.78 is 13.0. The number of piperidine rings is 1. The third-order valence-corrected chi connectivity index (χ3v) is 5.06. The summed E-state index contributed by atoms with van der Waals surface area (Å²) in [6.45, 7) is 8.06. The van der Waals surface area contributed by atoms with E-state index in [1.807, 2.05) is 17.0 Å². The second-order valence-corrected chi connectivity index (χ2v) is 6.80. The lowest BCUT2D eigenvalue weighted by Crippen LogP contribution is -2.51. The molecule has 2 fully saturated rings. The summed E-state index contributed by atoms with van der Waals surface area (Å²) in [6.07, 6.45) is 2.40. The van der Waals surface area contributed by atoms with Gasteiger partial charge >= 0.3 is 0 Å². The van der Waals surface area contributed by atoms with Crippen LogP contribution < -0.4 is 4.90 Å². The maximum absolute atomic E-state index is 13.0. The van der Waals surface area contributed by atoms with Crippen LogP contribution in [0.25, 0.3) is 0 Å². The normalized spacial score (nSPS) is 20.8. The monoisotopic (exact) mass is 319 g/mol. The summed E-state index contributed by atoms with van der Waals surface area (Å²) in [5.41, 5.74) is 1.03. The molecule has 0 N–H and O–H groups in total. The second kappa shape index (κ2) is 7.30. The topological polar surface area (TPSA) is 26.8 Å². The van der Waals surface area contributed by atoms with Crippen molar-refractivity contribution in [3.8, 4) is 0 Å². The third-order valence-electron chi connectivity index (χ3n) is 5.06. The van der Waals surface area contributed by atoms with Gasteiger partial charge in [-0.15, -0.1) is 0 Å². The highest BCUT2D eigenvalue weighted by Gasteiger charge is 2.24. The molecule has 2 saturated heterocycles. The molecular formula is C18H26FN3O. The molecule has 5 heteroatoms. The number of amides is 1. The van der Waals surface area contributed by atoms with Crippen molar-refractivity contribution in [2.45, 2.75) is 19.8 Å². The van der Waals surface area contributed by atoms with E-state index in [1.165, 1.54) is 25.0 Å². The fourth-order valence-corrected chi connectivity index (χ4v) is 3.38. The Morgan fingerprint density at radius 1 is 1.04 bits per heavy atom. The molecule has 0 unspecified atom stereocenters. The van der Waals surface area contributed by atoms with Crippen molar-refractivity contribution < 1.29 is 9.18 Å². The summed E-state index contributed by atoms with van der Waals surface area (Å²) in [5.74, 6) is 0.831. The molecule has 0 aliphatic carbocycles. The number of carbonyl (C=O) groups excluding carboxylic acids is 1. The number of hydrogen-bond acceptors (Lipinski definition) is 3. The predicted octanol–water partition coefficient (Wildman–Crippen LogP) is 2.21. The first kappa shape index (κ1) is 16.2. The van der Waals surface area contributed by atoms with Gasteiger partial charge in [0.2, 0.25) is 5.91 Å². The van der Waals surface area contributed by atoms with Crippen molar-refractivity contribution in [2.75, 3.05) is 50.7 Å². The summed E-state index contributed by atoms with van der Waals surface area (Å²) in [6, 6.07) is 6.60. The molecule has 1 aromatic rings. The number of hydrogen-bond donors (Lipinski definition) is 0. The van der Waals surface area contributed by atoms with Crippen LogP contribution in [0, 0.1) is 11.7 Å². The molecule has 4 nitrogen and oxygen atoms in total. The van der Waals surface area contributed by atoms with Crippen LogP contribution in [0.4, 0.5) is 10.1 Å². The van der Waals surface area contributed by atoms with Gasteiger partial charge in [-0.3, -0.25) is 9.69 Å². The van der Waals surface area contributed by atoms with E-state index in [2.05, 4.69) is 16.7 Å². The zero-order valence-electron chi connectivity index (χ0n) is 13.9. The molecule has 126 valence electrons. The Hall–Kier alpha value is -1.62. The minimum absolute atomic E-state index is 0.210. The molecule has 1 aromatic carbocycles. The molecule has 1 amide bonds. The van der Waals surface area contributed by atoms with Crippen molar-refractivity contribution in [3.05, 3.63) is 30.1 Å². The lowest BCUT2D eigenvalue weighted by atomic mass is 9.99. The van der Waals surface area contributed by atoms with E-state index in [1.54, 1.807) is 0 Å². The molecule has 2 heterocycles. The van der Waals surface area contributed by atoms with Crippen molar-refractivity contribution in [3.63, 3.8) is 0 Å². The fourth-order valence-electron chi connectivity index (χ4n) is 3.38. The number of anilines is 1. The summed E-state index contributed by atoms with van der Waals surface area (Å²) in [5, 5.41) is 0. The molecule has 0 bridgehead atoms. The highest BCUT2D eigenvalue weighted by Crippen LogP contribution is 2.18. The summed E-state index contributed by atoms with van der Waals surface area (Å²) in [4.78, 5) is 18.9. The van der Waals surface area contributed by atoms with Crippen LogP contribution in [0.15, 0.2) is 24.3 Å². The van der Waals surface area contributed by atoms with E-state index in [4.69, 9.17) is 0 Å². The van der Waals surface area contributed by atoms with E-state index < -0.39 is 0 Å². The average Bonchev–Trinajstić information content (AvgIpc) is 2.58. The Morgan fingerprint density at radius 2 is 1.65 bits per heavy atom. The fraction of sp³-hybridized carbons (Fsp3) is 0.611. The van der Waals surface area contributed by atoms with Gasteiger partial charge in [-0.25, -0.2) is 4.39 Å². The lowest BCUT2D eigenvalue weighted by molar-refractivity contribution is -0.133. The van der Waals surface area contributed by atoms with Crippen molar-refractivity contribution in [1.29, 1.82) is 0 Å². The van der Waals surface area contributed by atoms with Gasteiger partial charge < -0.3 is 9.80 Å². The summed E-state index contributed by atoms with van der Waals surface area (Å²) >= 11 is 0. The zero-order chi connectivity index (χ0) is 16.2. The molecule has 0 aromatic heterocycles. The first-order valence-corrected chi connectivity index (χ1v) is 8.62. The van der Waals surface area contributed by atoms with Crippen LogP contribution in [-0.2, 0) is 4.79 Å². The number of rotatable bonds is 3. The Morgan fingerprint density at radius 3 is 2.26 bits per heavy atom. The quantitative estimate of drug-likeness (QED) is 0.855. The highest BCUT2D eigenvalue weighted by atomic mass is 19.1. The third kappa shape index (κ3) is 4.22. The second-order valence-electron chi connectivity index (χ2n) is 6.80. The van der Waals surface area contributed by atoms with E-state index in [-0.39, 0.29) is 11.7 Å². The molecule has 0 radical (unpaired) electrons. The Labute approximate surface area is 137 Å². The number of halogens is 1. The molecule has 0 saturated carbocycles. The predicted molar refractivity (Wildman–Crippen MR) is 90.0 cm³/mol. The van der Waals surface area contributed by atoms with Gasteiger partial charge in [0.05, 0.1) is 6.54 Å². The average molecular weight is 319 g/mol. The van der Waals surface area contributed by atoms with Gasteiger partial charge in [0.1, 0.15) is 5.82 Å². The van der Waals surface area contributed by atoms with E-state index in [0.717, 1.165) is 50.9 Å². The first-order chi connectivity index (χ1) is 11.1. The smallest absolute Gasteiger partial charge is 0.236 e. The van der Waals surface area contributed by atoms with Gasteiger partial charge in [-0.05, 0) is 56.1 Å². The van der Waals surface area contributed by atoms with Gasteiger partial charge in [0.15, 0.2) is 0 Å². The molecule has 23 heavy (non-hydrogen) atoms. The van der Waals surface area contributed by atoms with E-state index >= 15 is 0 Å². The number of likely N-dealkylation sites (tertiary alicyclic amines) is 1. The largest absolute Gasteiger partial charge is 0.368 e. The van der Waals surface area contributed by atoms with Gasteiger partial charge in [-0.2, -0.15) is 0 Å². The van der Waals surface area contributed by atoms with Crippen LogP contribution >= 0.6 is 0 Å². The molecule has 0 spiro atoms. The number of carbonyl (C=O) groups is 1. The maximum Gasteiger partial charge on any atom is 0.236 e. The molecule has 2 aliphatic heterocycles. The first-order valence-electron chi connectivity index (χ1n) is 8.62. The molecule has 0 atom stereocenters. The molecular weight excluding hydrogens is 293 g/mol.